The molecule has 0 aromatic heterocycles. The molecule has 7 heavy (non-hydrogen) atoms. The lowest BCUT2D eigenvalue weighted by atomic mass is 10.9. The van der Waals surface area contributed by atoms with Crippen molar-refractivity contribution in [3.05, 3.63) is 0 Å². The summed E-state index contributed by atoms with van der Waals surface area (Å²) in [6.45, 7) is 0.604. The first-order valence-electron chi connectivity index (χ1n) is 1.87. The number of hydrogen-bond acceptors (Lipinski definition) is 4. The van der Waals surface area contributed by atoms with E-state index in [9.17, 15) is 0 Å². The summed E-state index contributed by atoms with van der Waals surface area (Å²) in [7, 11) is 0. The lowest BCUT2D eigenvalue weighted by Crippen LogP contribution is -2.12. The van der Waals surface area contributed by atoms with Crippen molar-refractivity contribution in [1.29, 1.82) is 0 Å². The minimum Gasteiger partial charge on any atom is -0.288 e. The van der Waals surface area contributed by atoms with Gasteiger partial charge in [0.05, 0.1) is 0 Å². The Hall–Kier alpha value is -0.510. The van der Waals surface area contributed by atoms with Gasteiger partial charge in [-0.25, -0.2) is 4.99 Å². The van der Waals surface area contributed by atoms with E-state index in [1.807, 2.05) is 0 Å². The molecule has 0 amide bonds. The largest absolute Gasteiger partial charge is 0.288 e. The monoisotopic (exact) mass is 115 g/mol. The molecule has 0 aromatic rings. The van der Waals surface area contributed by atoms with Crippen molar-refractivity contribution in [2.75, 3.05) is 6.67 Å². The first-order valence-corrected chi connectivity index (χ1v) is 2.27. The summed E-state index contributed by atoms with van der Waals surface area (Å²) < 4.78 is 1.60. The standard InChI is InChI=1S/C3H5N3S/c7-6-2-4-1-5-3-6/h1-2,7H,3H2. The molecule has 0 bridgehead atoms. The van der Waals surface area contributed by atoms with Gasteiger partial charge in [-0.2, -0.15) is 0 Å². The van der Waals surface area contributed by atoms with Gasteiger partial charge in [-0.3, -0.25) is 9.30 Å². The van der Waals surface area contributed by atoms with Crippen LogP contribution in [-0.4, -0.2) is 23.7 Å². The van der Waals surface area contributed by atoms with Gasteiger partial charge in [0.15, 0.2) is 0 Å². The predicted molar refractivity (Wildman–Crippen MR) is 32.7 cm³/mol. The molecule has 4 heteroatoms. The van der Waals surface area contributed by atoms with Gasteiger partial charge in [0.2, 0.25) is 0 Å². The highest BCUT2D eigenvalue weighted by atomic mass is 32.1. The van der Waals surface area contributed by atoms with Crippen molar-refractivity contribution in [2.24, 2.45) is 9.98 Å². The van der Waals surface area contributed by atoms with Gasteiger partial charge in [-0.05, 0) is 0 Å². The lowest BCUT2D eigenvalue weighted by molar-refractivity contribution is 0.713. The zero-order valence-electron chi connectivity index (χ0n) is 3.65. The highest BCUT2D eigenvalue weighted by Crippen LogP contribution is 1.90. The summed E-state index contributed by atoms with van der Waals surface area (Å²) in [5.41, 5.74) is 0. The van der Waals surface area contributed by atoms with Crippen LogP contribution in [0.4, 0.5) is 0 Å². The van der Waals surface area contributed by atoms with Crippen molar-refractivity contribution in [2.45, 2.75) is 0 Å². The van der Waals surface area contributed by atoms with Crippen molar-refractivity contribution < 1.29 is 0 Å². The minimum atomic E-state index is 0.604. The van der Waals surface area contributed by atoms with Gasteiger partial charge in [0, 0.05) is 0 Å². The predicted octanol–water partition coefficient (Wildman–Crippen LogP) is 0.161. The molecule has 0 atom stereocenters. The van der Waals surface area contributed by atoms with Crippen LogP contribution >= 0.6 is 12.8 Å². The molecular formula is C3H5N3S. The summed E-state index contributed by atoms with van der Waals surface area (Å²) in [5, 5.41) is 0. The third-order valence-corrected chi connectivity index (χ3v) is 0.805. The molecule has 0 aliphatic carbocycles. The smallest absolute Gasteiger partial charge is 0.123 e. The number of rotatable bonds is 0. The number of nitrogens with zero attached hydrogens (tertiary/aromatic N) is 3. The fraction of sp³-hybridized carbons (Fsp3) is 0.333. The third-order valence-electron chi connectivity index (χ3n) is 0.575. The molecule has 0 spiro atoms. The third kappa shape index (κ3) is 1.19. The molecule has 1 rings (SSSR count). The maximum Gasteiger partial charge on any atom is 0.123 e. The second kappa shape index (κ2) is 1.97. The first kappa shape index (κ1) is 4.64. The van der Waals surface area contributed by atoms with E-state index in [-0.39, 0.29) is 0 Å². The van der Waals surface area contributed by atoms with Crippen LogP contribution in [0.1, 0.15) is 0 Å². The van der Waals surface area contributed by atoms with Crippen molar-refractivity contribution >= 4 is 25.5 Å². The van der Waals surface area contributed by atoms with Crippen LogP contribution in [-0.2, 0) is 0 Å². The second-order valence-corrected chi connectivity index (χ2v) is 1.66. The van der Waals surface area contributed by atoms with E-state index in [1.165, 1.54) is 6.34 Å². The molecular weight excluding hydrogens is 110 g/mol. The Morgan fingerprint density at radius 2 is 2.57 bits per heavy atom. The highest BCUT2D eigenvalue weighted by Gasteiger charge is 1.89. The molecule has 3 nitrogen and oxygen atoms in total. The van der Waals surface area contributed by atoms with E-state index in [0.717, 1.165) is 0 Å². The van der Waals surface area contributed by atoms with Gasteiger partial charge >= 0.3 is 0 Å². The molecule has 1 heterocycles. The van der Waals surface area contributed by atoms with Gasteiger partial charge in [0.1, 0.15) is 19.3 Å². The molecule has 1 aliphatic heterocycles. The van der Waals surface area contributed by atoms with Crippen LogP contribution in [0.5, 0.6) is 0 Å². The van der Waals surface area contributed by atoms with Gasteiger partial charge in [0.25, 0.3) is 0 Å². The summed E-state index contributed by atoms with van der Waals surface area (Å²) in [6.07, 6.45) is 3.11. The Morgan fingerprint density at radius 1 is 1.71 bits per heavy atom. The molecule has 0 radical (unpaired) electrons. The van der Waals surface area contributed by atoms with E-state index in [2.05, 4.69) is 22.8 Å². The maximum absolute atomic E-state index is 3.93. The van der Waals surface area contributed by atoms with Crippen molar-refractivity contribution in [3.63, 3.8) is 0 Å². The Balaban J connectivity index is 2.49. The zero-order valence-corrected chi connectivity index (χ0v) is 4.55. The van der Waals surface area contributed by atoms with E-state index in [1.54, 1.807) is 10.6 Å². The number of thiol groups is 1. The van der Waals surface area contributed by atoms with Crippen molar-refractivity contribution in [1.82, 2.24) is 4.31 Å². The Bertz CT molecular complexity index is 109. The fourth-order valence-electron chi connectivity index (χ4n) is 0.311. The van der Waals surface area contributed by atoms with Crippen LogP contribution in [0, 0.1) is 0 Å². The van der Waals surface area contributed by atoms with Crippen LogP contribution < -0.4 is 0 Å². The SMILES string of the molecule is SN1C=NC=NC1. The molecule has 0 saturated carbocycles. The van der Waals surface area contributed by atoms with Crippen LogP contribution in [0.2, 0.25) is 0 Å². The molecule has 0 N–H and O–H groups in total. The van der Waals surface area contributed by atoms with Crippen LogP contribution in [0.3, 0.4) is 0 Å². The van der Waals surface area contributed by atoms with E-state index >= 15 is 0 Å². The first-order chi connectivity index (χ1) is 3.39. The van der Waals surface area contributed by atoms with Gasteiger partial charge in [-0.1, -0.05) is 12.8 Å². The maximum atomic E-state index is 3.93. The zero-order chi connectivity index (χ0) is 5.11. The summed E-state index contributed by atoms with van der Waals surface area (Å²) >= 11 is 3.93. The Morgan fingerprint density at radius 3 is 2.86 bits per heavy atom. The van der Waals surface area contributed by atoms with E-state index in [0.29, 0.717) is 6.67 Å². The van der Waals surface area contributed by atoms with Gasteiger partial charge < -0.3 is 0 Å². The molecule has 1 aliphatic rings. The number of hydrogen-bond donors (Lipinski definition) is 1. The lowest BCUT2D eigenvalue weighted by Gasteiger charge is -2.07. The fourth-order valence-corrected chi connectivity index (χ4v) is 0.443. The average molecular weight is 115 g/mol. The van der Waals surface area contributed by atoms with Gasteiger partial charge in [-0.15, -0.1) is 0 Å². The van der Waals surface area contributed by atoms with Crippen LogP contribution in [0.15, 0.2) is 9.98 Å². The van der Waals surface area contributed by atoms with Crippen LogP contribution in [0.25, 0.3) is 0 Å². The molecule has 0 saturated heterocycles. The quantitative estimate of drug-likeness (QED) is 0.447. The highest BCUT2D eigenvalue weighted by molar-refractivity contribution is 7.78. The summed E-state index contributed by atoms with van der Waals surface area (Å²) in [4.78, 5) is 7.48. The second-order valence-electron chi connectivity index (χ2n) is 1.14. The van der Waals surface area contributed by atoms with Crippen molar-refractivity contribution in [3.8, 4) is 0 Å². The molecule has 0 fully saturated rings. The minimum absolute atomic E-state index is 0.604. The normalized spacial score (nSPS) is 18.1. The van der Waals surface area contributed by atoms with E-state index < -0.39 is 0 Å². The summed E-state index contributed by atoms with van der Waals surface area (Å²) in [5.74, 6) is 0. The Labute approximate surface area is 47.3 Å². The topological polar surface area (TPSA) is 28.0 Å². The number of aliphatic imine (C=N–C) groups is 2. The molecule has 38 valence electrons. The molecule has 0 aromatic carbocycles. The van der Waals surface area contributed by atoms with E-state index in [4.69, 9.17) is 0 Å². The molecule has 0 unspecified atom stereocenters. The Kier molecular flexibility index (Phi) is 1.31. The summed E-state index contributed by atoms with van der Waals surface area (Å²) in [6, 6.07) is 0. The average Bonchev–Trinajstić information content (AvgIpc) is 1.69.